The van der Waals surface area contributed by atoms with Gasteiger partial charge in [-0.15, -0.1) is 0 Å². The summed E-state index contributed by atoms with van der Waals surface area (Å²) < 4.78 is 12.7. The number of rotatable bonds is 4. The lowest BCUT2D eigenvalue weighted by Crippen LogP contribution is -2.81. The van der Waals surface area contributed by atoms with Gasteiger partial charge in [0.15, 0.2) is 0 Å². The molecule has 1 aromatic rings. The molecule has 174 valence electrons. The van der Waals surface area contributed by atoms with Crippen molar-refractivity contribution in [1.82, 2.24) is 10.2 Å². The van der Waals surface area contributed by atoms with Crippen molar-refractivity contribution in [3.05, 3.63) is 29.3 Å². The SMILES string of the molecule is COc1ccc2c(c1)[C@]13CCN(CC4CC4)[C@H](C2)[C@]12CCC(NC(=O)C(C)(C)C)(CO2)C3. The van der Waals surface area contributed by atoms with Crippen LogP contribution in [0.25, 0.3) is 0 Å². The van der Waals surface area contributed by atoms with Crippen molar-refractivity contribution in [1.29, 1.82) is 0 Å². The quantitative estimate of drug-likeness (QED) is 0.776. The molecule has 4 bridgehead atoms. The Morgan fingerprint density at radius 2 is 2.06 bits per heavy atom. The number of ether oxygens (including phenoxy) is 2. The van der Waals surface area contributed by atoms with E-state index >= 15 is 0 Å². The van der Waals surface area contributed by atoms with Crippen LogP contribution in [0.3, 0.4) is 0 Å². The number of hydrogen-bond donors (Lipinski definition) is 1. The Hall–Kier alpha value is -1.59. The van der Waals surface area contributed by atoms with Gasteiger partial charge in [0, 0.05) is 23.4 Å². The molecule has 3 aliphatic carbocycles. The molecule has 5 fully saturated rings. The molecule has 4 atom stereocenters. The fourth-order valence-electron chi connectivity index (χ4n) is 7.44. The molecule has 32 heavy (non-hydrogen) atoms. The smallest absolute Gasteiger partial charge is 0.225 e. The molecule has 3 aliphatic heterocycles. The maximum Gasteiger partial charge on any atom is 0.225 e. The zero-order valence-corrected chi connectivity index (χ0v) is 20.1. The summed E-state index contributed by atoms with van der Waals surface area (Å²) in [5.41, 5.74) is 2.01. The molecule has 3 saturated heterocycles. The molecule has 5 heteroatoms. The zero-order valence-electron chi connectivity index (χ0n) is 20.1. The molecule has 0 aromatic heterocycles. The summed E-state index contributed by atoms with van der Waals surface area (Å²) in [5.74, 6) is 1.95. The van der Waals surface area contributed by atoms with Crippen molar-refractivity contribution in [2.75, 3.05) is 26.8 Å². The van der Waals surface area contributed by atoms with Gasteiger partial charge >= 0.3 is 0 Å². The molecule has 0 radical (unpaired) electrons. The van der Waals surface area contributed by atoms with E-state index in [4.69, 9.17) is 9.47 Å². The number of benzene rings is 1. The van der Waals surface area contributed by atoms with Gasteiger partial charge in [-0.25, -0.2) is 0 Å². The largest absolute Gasteiger partial charge is 0.497 e. The van der Waals surface area contributed by atoms with Crippen LogP contribution in [0.15, 0.2) is 18.2 Å². The Kier molecular flexibility index (Phi) is 4.41. The van der Waals surface area contributed by atoms with Gasteiger partial charge in [-0.1, -0.05) is 26.8 Å². The first kappa shape index (κ1) is 21.0. The highest BCUT2D eigenvalue weighted by molar-refractivity contribution is 5.82. The van der Waals surface area contributed by atoms with Gasteiger partial charge in [-0.3, -0.25) is 9.69 Å². The molecular weight excluding hydrogens is 400 g/mol. The van der Waals surface area contributed by atoms with Crippen LogP contribution in [-0.2, 0) is 21.4 Å². The number of likely N-dealkylation sites (tertiary alicyclic amines) is 1. The topological polar surface area (TPSA) is 50.8 Å². The third-order valence-electron chi connectivity index (χ3n) is 9.33. The van der Waals surface area contributed by atoms with Gasteiger partial charge in [0.1, 0.15) is 5.75 Å². The first-order valence-electron chi connectivity index (χ1n) is 12.6. The Bertz CT molecular complexity index is 939. The Balaban J connectivity index is 1.44. The zero-order chi connectivity index (χ0) is 22.4. The van der Waals surface area contributed by atoms with Gasteiger partial charge in [-0.2, -0.15) is 0 Å². The number of carbonyl (C=O) groups is 1. The van der Waals surface area contributed by atoms with Gasteiger partial charge in [0.25, 0.3) is 0 Å². The lowest BCUT2D eigenvalue weighted by atomic mass is 9.45. The Labute approximate surface area is 192 Å². The van der Waals surface area contributed by atoms with Crippen molar-refractivity contribution in [2.45, 2.75) is 88.3 Å². The van der Waals surface area contributed by atoms with E-state index in [2.05, 4.69) is 28.4 Å². The fourth-order valence-corrected chi connectivity index (χ4v) is 7.44. The number of piperidine rings is 1. The molecule has 1 aromatic carbocycles. The molecule has 1 N–H and O–H groups in total. The second kappa shape index (κ2) is 6.73. The molecule has 6 aliphatic rings. The van der Waals surface area contributed by atoms with Gasteiger partial charge in [0.2, 0.25) is 5.91 Å². The summed E-state index contributed by atoms with van der Waals surface area (Å²) in [6.07, 6.45) is 7.97. The van der Waals surface area contributed by atoms with E-state index in [0.717, 1.165) is 50.3 Å². The third-order valence-corrected chi connectivity index (χ3v) is 9.33. The highest BCUT2D eigenvalue weighted by Crippen LogP contribution is 2.65. The van der Waals surface area contributed by atoms with E-state index in [9.17, 15) is 4.79 Å². The Morgan fingerprint density at radius 1 is 1.25 bits per heavy atom. The summed E-state index contributed by atoms with van der Waals surface area (Å²) in [6.45, 7) is 9.00. The number of fused-ring (bicyclic) bond motifs is 3. The summed E-state index contributed by atoms with van der Waals surface area (Å²) in [7, 11) is 1.76. The predicted octanol–water partition coefficient (Wildman–Crippen LogP) is 3.83. The summed E-state index contributed by atoms with van der Waals surface area (Å²) in [6, 6.07) is 7.13. The van der Waals surface area contributed by atoms with Crippen molar-refractivity contribution < 1.29 is 14.3 Å². The van der Waals surface area contributed by atoms with Crippen LogP contribution in [-0.4, -0.2) is 54.8 Å². The Morgan fingerprint density at radius 3 is 2.72 bits per heavy atom. The number of amides is 1. The van der Waals surface area contributed by atoms with Crippen molar-refractivity contribution in [3.8, 4) is 5.75 Å². The lowest BCUT2D eigenvalue weighted by molar-refractivity contribution is -0.263. The summed E-state index contributed by atoms with van der Waals surface area (Å²) in [4.78, 5) is 15.8. The van der Waals surface area contributed by atoms with E-state index in [1.165, 1.54) is 30.5 Å². The van der Waals surface area contributed by atoms with Crippen LogP contribution in [0.1, 0.15) is 70.4 Å². The van der Waals surface area contributed by atoms with E-state index < -0.39 is 5.41 Å². The molecule has 2 saturated carbocycles. The maximum atomic E-state index is 13.1. The van der Waals surface area contributed by atoms with Gasteiger partial charge < -0.3 is 14.8 Å². The minimum absolute atomic E-state index is 0.0541. The lowest BCUT2D eigenvalue weighted by Gasteiger charge is -2.71. The number of nitrogens with zero attached hydrogens (tertiary/aromatic N) is 1. The van der Waals surface area contributed by atoms with Crippen LogP contribution < -0.4 is 10.1 Å². The molecule has 3 heterocycles. The van der Waals surface area contributed by atoms with Crippen LogP contribution >= 0.6 is 0 Å². The average molecular weight is 439 g/mol. The predicted molar refractivity (Wildman–Crippen MR) is 124 cm³/mol. The number of carbonyl (C=O) groups excluding carboxylic acids is 1. The first-order chi connectivity index (χ1) is 15.2. The van der Waals surface area contributed by atoms with E-state index in [1.54, 1.807) is 7.11 Å². The van der Waals surface area contributed by atoms with Crippen LogP contribution in [0.2, 0.25) is 0 Å². The minimum Gasteiger partial charge on any atom is -0.497 e. The fraction of sp³-hybridized carbons (Fsp3) is 0.741. The molecule has 7 rings (SSSR count). The van der Waals surface area contributed by atoms with E-state index in [-0.39, 0.29) is 22.5 Å². The first-order valence-corrected chi connectivity index (χ1v) is 12.6. The highest BCUT2D eigenvalue weighted by Gasteiger charge is 2.71. The summed E-state index contributed by atoms with van der Waals surface area (Å²) >= 11 is 0. The van der Waals surface area contributed by atoms with Crippen LogP contribution in [0.5, 0.6) is 5.75 Å². The van der Waals surface area contributed by atoms with Crippen molar-refractivity contribution >= 4 is 5.91 Å². The second-order valence-corrected chi connectivity index (χ2v) is 12.4. The normalized spacial score (nSPS) is 38.1. The second-order valence-electron chi connectivity index (χ2n) is 12.4. The van der Waals surface area contributed by atoms with Crippen LogP contribution in [0.4, 0.5) is 0 Å². The molecular formula is C27H38N2O3. The third kappa shape index (κ3) is 2.86. The number of hydrogen-bond acceptors (Lipinski definition) is 4. The average Bonchev–Trinajstić information content (AvgIpc) is 3.58. The molecule has 5 nitrogen and oxygen atoms in total. The summed E-state index contributed by atoms with van der Waals surface area (Å²) in [5, 5.41) is 3.49. The van der Waals surface area contributed by atoms with Crippen molar-refractivity contribution in [3.63, 3.8) is 0 Å². The molecule has 1 amide bonds. The van der Waals surface area contributed by atoms with Gasteiger partial charge in [-0.05, 0) is 80.7 Å². The van der Waals surface area contributed by atoms with Crippen LogP contribution in [0, 0.1) is 11.3 Å². The standard InChI is InChI=1S/C27H38N2O3/c1-24(2,3)23(30)28-25-9-10-27(32-17-25)22-13-19-7-8-20(31-4)14-21(19)26(27,16-25)11-12-29(22)15-18-5-6-18/h7-8,14,18,22H,5-6,9-13,15-17H2,1-4H3,(H,28,30)/t22-,25?,26-,27-/m1/s1. The van der Waals surface area contributed by atoms with Gasteiger partial charge in [0.05, 0.1) is 24.9 Å². The number of nitrogens with one attached hydrogen (secondary N) is 1. The number of methoxy groups -OCH3 is 1. The molecule has 1 unspecified atom stereocenters. The highest BCUT2D eigenvalue weighted by atomic mass is 16.5. The molecule has 1 spiro atoms. The van der Waals surface area contributed by atoms with E-state index in [0.29, 0.717) is 12.6 Å². The monoisotopic (exact) mass is 438 g/mol. The minimum atomic E-state index is -0.401. The van der Waals surface area contributed by atoms with Crippen molar-refractivity contribution in [2.24, 2.45) is 11.3 Å². The van der Waals surface area contributed by atoms with E-state index in [1.807, 2.05) is 20.8 Å². The maximum absolute atomic E-state index is 13.1.